The van der Waals surface area contributed by atoms with Gasteiger partial charge in [-0.2, -0.15) is 0 Å². The first kappa shape index (κ1) is 27.0. The molecule has 1 aromatic carbocycles. The van der Waals surface area contributed by atoms with Crippen LogP contribution in [-0.4, -0.2) is 55.3 Å². The molecule has 11 heteroatoms. The lowest BCUT2D eigenvalue weighted by Crippen LogP contribution is -1.99. The molecule has 0 saturated heterocycles. The van der Waals surface area contributed by atoms with Crippen LogP contribution in [0.1, 0.15) is 11.1 Å². The smallest absolute Gasteiger partial charge is 0.257 e. The second kappa shape index (κ2) is 12.1. The normalized spacial score (nSPS) is 11.0. The molecule has 0 bridgehead atoms. The fourth-order valence-corrected chi connectivity index (χ4v) is 4.42. The van der Waals surface area contributed by atoms with E-state index >= 15 is 0 Å². The van der Waals surface area contributed by atoms with Crippen molar-refractivity contribution in [2.24, 2.45) is 12.2 Å². The zero-order valence-corrected chi connectivity index (χ0v) is 22.7. The summed E-state index contributed by atoms with van der Waals surface area (Å²) in [5.74, 6) is 1.28. The minimum absolute atomic E-state index is 0.245. The Morgan fingerprint density at radius 1 is 1.02 bits per heavy atom. The number of oxime groups is 1. The molecule has 0 atom stereocenters. The van der Waals surface area contributed by atoms with Gasteiger partial charge < -0.3 is 34.7 Å². The van der Waals surface area contributed by atoms with Crippen LogP contribution in [0.4, 0.5) is 5.69 Å². The Morgan fingerprint density at radius 2 is 1.80 bits per heavy atom. The van der Waals surface area contributed by atoms with E-state index in [0.29, 0.717) is 18.2 Å². The lowest BCUT2D eigenvalue weighted by Gasteiger charge is -2.07. The summed E-state index contributed by atoms with van der Waals surface area (Å²) in [5, 5.41) is 24.8. The molecule has 6 rings (SSSR count). The lowest BCUT2D eigenvalue weighted by atomic mass is 10.1. The third-order valence-corrected chi connectivity index (χ3v) is 6.48. The fourth-order valence-electron chi connectivity index (χ4n) is 4.42. The summed E-state index contributed by atoms with van der Waals surface area (Å²) < 4.78 is 12.8. The number of aryl methyl sites for hydroxylation is 1. The summed E-state index contributed by atoms with van der Waals surface area (Å²) in [6.07, 6.45) is 8.46. The number of phenols is 1. The van der Waals surface area contributed by atoms with Crippen LogP contribution in [0.25, 0.3) is 33.3 Å². The number of phenolic OH excluding ortho intramolecular Hbond substituents is 1. The highest BCUT2D eigenvalue weighted by atomic mass is 16.5. The van der Waals surface area contributed by atoms with E-state index in [-0.39, 0.29) is 5.75 Å². The molecule has 0 radical (unpaired) electrons. The molecular formula is C30H29N7O4. The van der Waals surface area contributed by atoms with E-state index in [1.54, 1.807) is 57.1 Å². The van der Waals surface area contributed by atoms with Gasteiger partial charge in [0.1, 0.15) is 16.9 Å². The number of rotatable bonds is 7. The minimum atomic E-state index is 0.245. The summed E-state index contributed by atoms with van der Waals surface area (Å²) in [6, 6.07) is 16.6. The first-order chi connectivity index (χ1) is 20.0. The van der Waals surface area contributed by atoms with Crippen LogP contribution in [0, 0.1) is 0 Å². The highest BCUT2D eigenvalue weighted by Gasteiger charge is 2.18. The van der Waals surface area contributed by atoms with Gasteiger partial charge in [-0.25, -0.2) is 9.97 Å². The van der Waals surface area contributed by atoms with Crippen LogP contribution in [0.3, 0.4) is 0 Å². The molecule has 6 aromatic rings. The molecule has 5 heterocycles. The van der Waals surface area contributed by atoms with E-state index in [1.165, 1.54) is 6.21 Å². The number of ether oxygens (including phenoxy) is 2. The van der Waals surface area contributed by atoms with Gasteiger partial charge >= 0.3 is 0 Å². The molecule has 0 fully saturated rings. The molecule has 5 aromatic heterocycles. The lowest BCUT2D eigenvalue weighted by molar-refractivity contribution is 0.322. The van der Waals surface area contributed by atoms with Crippen molar-refractivity contribution >= 4 is 34.0 Å². The number of H-pyrrole nitrogens is 1. The summed E-state index contributed by atoms with van der Waals surface area (Å²) in [5.41, 5.74) is 7.34. The topological polar surface area (TPSA) is 143 Å². The Labute approximate surface area is 235 Å². The van der Waals surface area contributed by atoms with Crippen molar-refractivity contribution in [3.63, 3.8) is 0 Å². The summed E-state index contributed by atoms with van der Waals surface area (Å²) >= 11 is 0. The van der Waals surface area contributed by atoms with Gasteiger partial charge in [-0.05, 0) is 59.7 Å². The zero-order valence-electron chi connectivity index (χ0n) is 22.7. The zero-order chi connectivity index (χ0) is 28.8. The van der Waals surface area contributed by atoms with Crippen LogP contribution in [-0.2, 0) is 13.6 Å². The van der Waals surface area contributed by atoms with Gasteiger partial charge in [-0.1, -0.05) is 5.16 Å². The van der Waals surface area contributed by atoms with E-state index in [1.807, 2.05) is 42.1 Å². The van der Waals surface area contributed by atoms with Crippen molar-refractivity contribution < 1.29 is 19.8 Å². The monoisotopic (exact) mass is 551 g/mol. The highest BCUT2D eigenvalue weighted by Crippen LogP contribution is 2.36. The summed E-state index contributed by atoms with van der Waals surface area (Å²) in [7, 11) is 5.17. The predicted molar refractivity (Wildman–Crippen MR) is 158 cm³/mol. The van der Waals surface area contributed by atoms with Crippen molar-refractivity contribution in [3.05, 3.63) is 90.5 Å². The molecule has 0 aliphatic rings. The molecule has 41 heavy (non-hydrogen) atoms. The number of hydrogen-bond donors (Lipinski definition) is 4. The largest absolute Gasteiger partial charge is 0.508 e. The number of nitrogens with zero attached hydrogens (tertiary/aromatic N) is 5. The third-order valence-electron chi connectivity index (χ3n) is 6.48. The SMILES string of the molecule is COc1cc2c(nc1OC)c(-c1cc3c(CNc4ccc(O)cc4)ccnc3[nH]1)cn2C.ON=Cc1ccncc1. The number of aromatic hydroxyl groups is 1. The minimum Gasteiger partial charge on any atom is -0.508 e. The quantitative estimate of drug-likeness (QED) is 0.0901. The molecule has 0 spiro atoms. The van der Waals surface area contributed by atoms with Crippen molar-refractivity contribution in [1.29, 1.82) is 0 Å². The van der Waals surface area contributed by atoms with Crippen molar-refractivity contribution in [3.8, 4) is 28.6 Å². The number of anilines is 1. The van der Waals surface area contributed by atoms with Crippen LogP contribution in [0.15, 0.2) is 84.5 Å². The average molecular weight is 552 g/mol. The molecular weight excluding hydrogens is 522 g/mol. The Hall–Kier alpha value is -5.58. The molecule has 0 amide bonds. The van der Waals surface area contributed by atoms with E-state index in [0.717, 1.165) is 50.1 Å². The standard InChI is InChI=1S/C24H23N5O3.C6H6N2O/c1-29-13-18(22-20(29)11-21(31-2)24(28-22)32-3)19-10-17-14(8-9-25-23(17)27-19)12-26-15-4-6-16(30)7-5-15;9-8-5-6-1-3-7-4-2-6/h4-11,13,26,30H,12H2,1-3H3,(H,25,27);1-5,9H. The predicted octanol–water partition coefficient (Wildman–Crippen LogP) is 5.34. The molecule has 0 aliphatic heterocycles. The third kappa shape index (κ3) is 5.88. The van der Waals surface area contributed by atoms with Crippen LogP contribution < -0.4 is 14.8 Å². The number of benzene rings is 1. The number of methoxy groups -OCH3 is 2. The maximum Gasteiger partial charge on any atom is 0.257 e. The van der Waals surface area contributed by atoms with E-state index in [4.69, 9.17) is 19.7 Å². The number of hydrogen-bond acceptors (Lipinski definition) is 9. The van der Waals surface area contributed by atoms with Gasteiger partial charge in [0.25, 0.3) is 5.88 Å². The van der Waals surface area contributed by atoms with Gasteiger partial charge in [0.2, 0.25) is 0 Å². The first-order valence-corrected chi connectivity index (χ1v) is 12.7. The van der Waals surface area contributed by atoms with Crippen molar-refractivity contribution in [2.45, 2.75) is 6.54 Å². The second-order valence-electron chi connectivity index (χ2n) is 9.06. The van der Waals surface area contributed by atoms with Gasteiger partial charge in [0, 0.05) is 61.1 Å². The maximum absolute atomic E-state index is 9.47. The average Bonchev–Trinajstić information content (AvgIpc) is 3.58. The van der Waals surface area contributed by atoms with Crippen LogP contribution in [0.2, 0.25) is 0 Å². The van der Waals surface area contributed by atoms with Gasteiger partial charge in [0.05, 0.1) is 31.6 Å². The Kier molecular flexibility index (Phi) is 7.95. The number of pyridine rings is 3. The number of nitrogens with one attached hydrogen (secondary N) is 2. The van der Waals surface area contributed by atoms with E-state index < -0.39 is 0 Å². The van der Waals surface area contributed by atoms with Gasteiger partial charge in [0.15, 0.2) is 5.75 Å². The Bertz CT molecular complexity index is 1800. The number of aromatic nitrogens is 5. The highest BCUT2D eigenvalue weighted by molar-refractivity contribution is 5.96. The summed E-state index contributed by atoms with van der Waals surface area (Å²) in [6.45, 7) is 0.625. The molecule has 0 aliphatic carbocycles. The molecule has 0 unspecified atom stereocenters. The number of aromatic amines is 1. The fraction of sp³-hybridized carbons (Fsp3) is 0.133. The maximum atomic E-state index is 9.47. The Balaban J connectivity index is 0.000000321. The van der Waals surface area contributed by atoms with Crippen LogP contribution in [0.5, 0.6) is 17.4 Å². The van der Waals surface area contributed by atoms with Gasteiger partial charge in [-0.15, -0.1) is 0 Å². The molecule has 11 nitrogen and oxygen atoms in total. The van der Waals surface area contributed by atoms with Gasteiger partial charge in [-0.3, -0.25) is 4.98 Å². The first-order valence-electron chi connectivity index (χ1n) is 12.7. The number of fused-ring (bicyclic) bond motifs is 2. The van der Waals surface area contributed by atoms with E-state index in [9.17, 15) is 5.11 Å². The molecule has 4 N–H and O–H groups in total. The molecule has 0 saturated carbocycles. The van der Waals surface area contributed by atoms with Crippen LogP contribution >= 0.6 is 0 Å². The molecule has 208 valence electrons. The van der Waals surface area contributed by atoms with E-state index in [2.05, 4.69) is 31.5 Å². The second-order valence-corrected chi connectivity index (χ2v) is 9.06. The van der Waals surface area contributed by atoms with Crippen molar-refractivity contribution in [2.75, 3.05) is 19.5 Å². The van der Waals surface area contributed by atoms with Crippen molar-refractivity contribution in [1.82, 2.24) is 24.5 Å². The Morgan fingerprint density at radius 3 is 2.51 bits per heavy atom. The summed E-state index contributed by atoms with van der Waals surface area (Å²) in [4.78, 5) is 16.4.